The molecule has 0 heterocycles. The van der Waals surface area contributed by atoms with Crippen LogP contribution in [0.3, 0.4) is 0 Å². The molecule has 2 N–H and O–H groups in total. The van der Waals surface area contributed by atoms with E-state index >= 15 is 0 Å². The third-order valence-corrected chi connectivity index (χ3v) is 3.02. The van der Waals surface area contributed by atoms with Gasteiger partial charge in [0.15, 0.2) is 0 Å². The van der Waals surface area contributed by atoms with Crippen LogP contribution in [0.15, 0.2) is 0 Å². The first-order chi connectivity index (χ1) is 9.48. The van der Waals surface area contributed by atoms with Crippen LogP contribution in [0.25, 0.3) is 0 Å². The summed E-state index contributed by atoms with van der Waals surface area (Å²) in [4.78, 5) is 23.4. The summed E-state index contributed by atoms with van der Waals surface area (Å²) >= 11 is 0. The van der Waals surface area contributed by atoms with Gasteiger partial charge in [-0.3, -0.25) is 4.79 Å². The van der Waals surface area contributed by atoms with Crippen molar-refractivity contribution in [2.45, 2.75) is 57.9 Å². The highest BCUT2D eigenvalue weighted by molar-refractivity contribution is 5.80. The molecular formula is C13H21F3N2O3. The van der Waals surface area contributed by atoms with Gasteiger partial charge in [-0.2, -0.15) is 13.2 Å². The quantitative estimate of drug-likeness (QED) is 0.841. The molecule has 1 fully saturated rings. The Labute approximate surface area is 121 Å². The van der Waals surface area contributed by atoms with Crippen LogP contribution in [-0.2, 0) is 9.53 Å². The maximum atomic E-state index is 12.1. The van der Waals surface area contributed by atoms with Crippen molar-refractivity contribution in [3.8, 4) is 0 Å². The Morgan fingerprint density at radius 1 is 1.19 bits per heavy atom. The van der Waals surface area contributed by atoms with Gasteiger partial charge in [0.2, 0.25) is 5.91 Å². The van der Waals surface area contributed by atoms with E-state index in [2.05, 4.69) is 5.32 Å². The van der Waals surface area contributed by atoms with Gasteiger partial charge in [-0.05, 0) is 33.6 Å². The zero-order valence-corrected chi connectivity index (χ0v) is 12.3. The van der Waals surface area contributed by atoms with Crippen LogP contribution in [0.2, 0.25) is 0 Å². The summed E-state index contributed by atoms with van der Waals surface area (Å²) in [6.45, 7) is 3.75. The molecular weight excluding hydrogens is 289 g/mol. The molecule has 0 aliphatic heterocycles. The Morgan fingerprint density at radius 2 is 1.81 bits per heavy atom. The predicted molar refractivity (Wildman–Crippen MR) is 69.6 cm³/mol. The van der Waals surface area contributed by atoms with E-state index in [1.165, 1.54) is 0 Å². The number of halogens is 3. The maximum Gasteiger partial charge on any atom is 0.407 e. The van der Waals surface area contributed by atoms with E-state index in [0.29, 0.717) is 19.3 Å². The minimum Gasteiger partial charge on any atom is -0.444 e. The van der Waals surface area contributed by atoms with Crippen LogP contribution >= 0.6 is 0 Å². The average molecular weight is 310 g/mol. The fraction of sp³-hybridized carbons (Fsp3) is 0.846. The molecule has 1 saturated carbocycles. The molecule has 1 aliphatic carbocycles. The topological polar surface area (TPSA) is 67.4 Å². The molecule has 8 heteroatoms. The molecule has 0 unspecified atom stereocenters. The number of ether oxygens (including phenoxy) is 1. The number of hydrogen-bond acceptors (Lipinski definition) is 3. The molecule has 2 amide bonds. The standard InChI is InChI=1S/C13H21F3N2O3/c1-12(2,3)21-11(20)18-9-6-4-5-8(9)10(19)17-7-13(14,15)16/h8-9H,4-7H2,1-3H3,(H,17,19)(H,18,20)/t8-,9+/m1/s1. The molecule has 0 radical (unpaired) electrons. The Balaban J connectivity index is 2.51. The lowest BCUT2D eigenvalue weighted by Crippen LogP contribution is -2.47. The van der Waals surface area contributed by atoms with Crippen molar-refractivity contribution in [1.82, 2.24) is 10.6 Å². The summed E-state index contributed by atoms with van der Waals surface area (Å²) in [6.07, 6.45) is -3.44. The number of alkyl halides is 3. The van der Waals surface area contributed by atoms with Gasteiger partial charge in [0.05, 0.1) is 5.92 Å². The highest BCUT2D eigenvalue weighted by Gasteiger charge is 2.36. The van der Waals surface area contributed by atoms with Crippen molar-refractivity contribution in [3.63, 3.8) is 0 Å². The van der Waals surface area contributed by atoms with E-state index in [1.54, 1.807) is 20.8 Å². The van der Waals surface area contributed by atoms with Crippen molar-refractivity contribution in [3.05, 3.63) is 0 Å². The second-order valence-corrected chi connectivity index (χ2v) is 6.12. The van der Waals surface area contributed by atoms with Gasteiger partial charge < -0.3 is 15.4 Å². The number of carbonyl (C=O) groups excluding carboxylic acids is 2. The van der Waals surface area contributed by atoms with Crippen LogP contribution in [0.4, 0.5) is 18.0 Å². The summed E-state index contributed by atoms with van der Waals surface area (Å²) in [7, 11) is 0. The minimum atomic E-state index is -4.44. The largest absolute Gasteiger partial charge is 0.444 e. The van der Waals surface area contributed by atoms with Crippen LogP contribution < -0.4 is 10.6 Å². The molecule has 0 spiro atoms. The second-order valence-electron chi connectivity index (χ2n) is 6.12. The molecule has 0 aromatic carbocycles. The third-order valence-electron chi connectivity index (χ3n) is 3.02. The second kappa shape index (κ2) is 6.53. The number of alkyl carbamates (subject to hydrolysis) is 1. The van der Waals surface area contributed by atoms with E-state index < -0.39 is 42.3 Å². The van der Waals surface area contributed by atoms with Gasteiger partial charge in [0.1, 0.15) is 12.1 Å². The van der Waals surface area contributed by atoms with Crippen molar-refractivity contribution in [1.29, 1.82) is 0 Å². The van der Waals surface area contributed by atoms with Crippen molar-refractivity contribution in [2.24, 2.45) is 5.92 Å². The third kappa shape index (κ3) is 6.68. The van der Waals surface area contributed by atoms with Gasteiger partial charge in [0.25, 0.3) is 0 Å². The molecule has 122 valence electrons. The number of rotatable bonds is 3. The number of nitrogens with one attached hydrogen (secondary N) is 2. The highest BCUT2D eigenvalue weighted by Crippen LogP contribution is 2.26. The van der Waals surface area contributed by atoms with Crippen LogP contribution in [0, 0.1) is 5.92 Å². The van der Waals surface area contributed by atoms with Gasteiger partial charge in [-0.25, -0.2) is 4.79 Å². The van der Waals surface area contributed by atoms with Crippen LogP contribution in [0.1, 0.15) is 40.0 Å². The minimum absolute atomic E-state index is 0.449. The Hall–Kier alpha value is -1.47. The van der Waals surface area contributed by atoms with E-state index in [0.717, 1.165) is 0 Å². The number of hydrogen-bond donors (Lipinski definition) is 2. The molecule has 1 aliphatic rings. The lowest BCUT2D eigenvalue weighted by molar-refractivity contribution is -0.141. The van der Waals surface area contributed by atoms with Crippen molar-refractivity contribution in [2.75, 3.05) is 6.54 Å². The zero-order valence-electron chi connectivity index (χ0n) is 12.3. The fourth-order valence-corrected chi connectivity index (χ4v) is 2.22. The summed E-state index contributed by atoms with van der Waals surface area (Å²) in [5.41, 5.74) is -0.670. The van der Waals surface area contributed by atoms with Crippen molar-refractivity contribution < 1.29 is 27.5 Å². The molecule has 0 bridgehead atoms. The maximum absolute atomic E-state index is 12.1. The van der Waals surface area contributed by atoms with E-state index in [1.807, 2.05) is 5.32 Å². The average Bonchev–Trinajstić information content (AvgIpc) is 2.70. The first-order valence-corrected chi connectivity index (χ1v) is 6.82. The zero-order chi connectivity index (χ0) is 16.3. The molecule has 0 saturated heterocycles. The monoisotopic (exact) mass is 310 g/mol. The van der Waals surface area contributed by atoms with Crippen LogP contribution in [0.5, 0.6) is 0 Å². The van der Waals surface area contributed by atoms with Crippen molar-refractivity contribution >= 4 is 12.0 Å². The number of amides is 2. The van der Waals surface area contributed by atoms with Gasteiger partial charge in [0, 0.05) is 6.04 Å². The normalized spacial score (nSPS) is 22.8. The Kier molecular flexibility index (Phi) is 5.47. The van der Waals surface area contributed by atoms with Gasteiger partial charge >= 0.3 is 12.3 Å². The summed E-state index contributed by atoms with van der Waals surface area (Å²) in [6, 6.07) is -0.493. The molecule has 1 rings (SSSR count). The van der Waals surface area contributed by atoms with Crippen LogP contribution in [-0.4, -0.2) is 36.4 Å². The lowest BCUT2D eigenvalue weighted by Gasteiger charge is -2.24. The number of carbonyl (C=O) groups is 2. The molecule has 5 nitrogen and oxygen atoms in total. The lowest BCUT2D eigenvalue weighted by atomic mass is 10.0. The molecule has 0 aromatic heterocycles. The Morgan fingerprint density at radius 3 is 2.33 bits per heavy atom. The SMILES string of the molecule is CC(C)(C)OC(=O)N[C@H]1CCC[C@H]1C(=O)NCC(F)(F)F. The van der Waals surface area contributed by atoms with Gasteiger partial charge in [-0.15, -0.1) is 0 Å². The van der Waals surface area contributed by atoms with E-state index in [4.69, 9.17) is 4.74 Å². The Bertz CT molecular complexity index is 391. The van der Waals surface area contributed by atoms with Gasteiger partial charge in [-0.1, -0.05) is 6.42 Å². The van der Waals surface area contributed by atoms with E-state index in [-0.39, 0.29) is 0 Å². The summed E-state index contributed by atoms with van der Waals surface area (Å²) in [5, 5.41) is 4.42. The highest BCUT2D eigenvalue weighted by atomic mass is 19.4. The van der Waals surface area contributed by atoms with E-state index in [9.17, 15) is 22.8 Å². The summed E-state index contributed by atoms with van der Waals surface area (Å²) in [5.74, 6) is -1.34. The summed E-state index contributed by atoms with van der Waals surface area (Å²) < 4.78 is 41.4. The smallest absolute Gasteiger partial charge is 0.407 e. The first kappa shape index (κ1) is 17.6. The molecule has 2 atom stereocenters. The fourth-order valence-electron chi connectivity index (χ4n) is 2.22. The predicted octanol–water partition coefficient (Wildman–Crippen LogP) is 2.36. The molecule has 0 aromatic rings. The molecule has 21 heavy (non-hydrogen) atoms. The first-order valence-electron chi connectivity index (χ1n) is 6.82.